The predicted octanol–water partition coefficient (Wildman–Crippen LogP) is 2.44. The maximum atomic E-state index is 6.04. The van der Waals surface area contributed by atoms with Crippen LogP contribution in [0.4, 0.5) is 0 Å². The molecule has 13 heavy (non-hydrogen) atoms. The molecule has 0 radical (unpaired) electrons. The highest BCUT2D eigenvalue weighted by molar-refractivity contribution is 6.32. The molecule has 0 atom stereocenters. The number of methoxy groups -OCH3 is 1. The van der Waals surface area contributed by atoms with Crippen molar-refractivity contribution >= 4 is 11.6 Å². The Kier molecular flexibility index (Phi) is 2.76. The number of nitrogens with zero attached hydrogens (tertiary/aromatic N) is 2. The minimum absolute atomic E-state index is 0.0900. The lowest BCUT2D eigenvalue weighted by molar-refractivity contribution is 0.393. The molecule has 0 saturated carbocycles. The lowest BCUT2D eigenvalue weighted by atomic mass is 9.92. The molecule has 0 aliphatic rings. The van der Waals surface area contributed by atoms with Crippen LogP contribution in [0.15, 0.2) is 6.33 Å². The first-order valence-corrected chi connectivity index (χ1v) is 4.39. The van der Waals surface area contributed by atoms with Crippen LogP contribution in [0.25, 0.3) is 0 Å². The van der Waals surface area contributed by atoms with Gasteiger partial charge >= 0.3 is 0 Å². The summed E-state index contributed by atoms with van der Waals surface area (Å²) in [6.45, 7) is 6.13. The lowest BCUT2D eigenvalue weighted by Crippen LogP contribution is -2.15. The first kappa shape index (κ1) is 10.3. The molecule has 0 unspecified atom stereocenters. The Balaban J connectivity index is 3.24. The molecule has 0 aliphatic carbocycles. The van der Waals surface area contributed by atoms with Crippen LogP contribution in [0.5, 0.6) is 5.88 Å². The fraction of sp³-hybridized carbons (Fsp3) is 0.556. The molecule has 4 heteroatoms. The van der Waals surface area contributed by atoms with Gasteiger partial charge in [0, 0.05) is 5.41 Å². The molecular formula is C9H13ClN2O. The summed E-state index contributed by atoms with van der Waals surface area (Å²) in [5.74, 6) is 0.432. The number of ether oxygens (including phenoxy) is 1. The van der Waals surface area contributed by atoms with E-state index < -0.39 is 0 Å². The summed E-state index contributed by atoms with van der Waals surface area (Å²) in [6.07, 6.45) is 1.46. The van der Waals surface area contributed by atoms with E-state index in [9.17, 15) is 0 Å². The standard InChI is InChI=1S/C9H13ClN2O/c1-9(2,3)7-6(10)8(13-4)12-5-11-7/h5H,1-4H3. The second-order valence-electron chi connectivity index (χ2n) is 3.80. The van der Waals surface area contributed by atoms with Crippen molar-refractivity contribution in [3.05, 3.63) is 17.0 Å². The van der Waals surface area contributed by atoms with E-state index in [1.807, 2.05) is 20.8 Å². The van der Waals surface area contributed by atoms with E-state index in [2.05, 4.69) is 9.97 Å². The van der Waals surface area contributed by atoms with Gasteiger partial charge < -0.3 is 4.74 Å². The van der Waals surface area contributed by atoms with Crippen molar-refractivity contribution in [3.63, 3.8) is 0 Å². The summed E-state index contributed by atoms with van der Waals surface area (Å²) >= 11 is 6.04. The van der Waals surface area contributed by atoms with Crippen LogP contribution in [0.2, 0.25) is 5.02 Å². The summed E-state index contributed by atoms with van der Waals surface area (Å²) in [5, 5.41) is 0.498. The van der Waals surface area contributed by atoms with Gasteiger partial charge in [0.2, 0.25) is 5.88 Å². The molecule has 0 fully saturated rings. The van der Waals surface area contributed by atoms with Crippen LogP contribution in [0.1, 0.15) is 26.5 Å². The van der Waals surface area contributed by atoms with E-state index in [0.717, 1.165) is 5.69 Å². The summed E-state index contributed by atoms with van der Waals surface area (Å²) in [6, 6.07) is 0. The van der Waals surface area contributed by atoms with Crippen LogP contribution < -0.4 is 4.74 Å². The second-order valence-corrected chi connectivity index (χ2v) is 4.17. The quantitative estimate of drug-likeness (QED) is 0.699. The molecule has 1 aromatic rings. The fourth-order valence-electron chi connectivity index (χ4n) is 1.02. The van der Waals surface area contributed by atoms with Crippen molar-refractivity contribution in [1.82, 2.24) is 9.97 Å². The largest absolute Gasteiger partial charge is 0.480 e. The molecule has 0 spiro atoms. The molecule has 3 nitrogen and oxygen atoms in total. The van der Waals surface area contributed by atoms with Crippen molar-refractivity contribution in [2.45, 2.75) is 26.2 Å². The molecule has 0 aliphatic heterocycles. The highest BCUT2D eigenvalue weighted by atomic mass is 35.5. The van der Waals surface area contributed by atoms with Gasteiger partial charge in [-0.2, -0.15) is 0 Å². The maximum absolute atomic E-state index is 6.04. The first-order valence-electron chi connectivity index (χ1n) is 4.01. The molecule has 72 valence electrons. The van der Waals surface area contributed by atoms with Crippen LogP contribution >= 0.6 is 11.6 Å². The van der Waals surface area contributed by atoms with Gasteiger partial charge in [0.05, 0.1) is 12.8 Å². The molecular weight excluding hydrogens is 188 g/mol. The van der Waals surface area contributed by atoms with E-state index in [4.69, 9.17) is 16.3 Å². The van der Waals surface area contributed by atoms with Crippen LogP contribution in [-0.2, 0) is 5.41 Å². The highest BCUT2D eigenvalue weighted by Gasteiger charge is 2.21. The zero-order valence-corrected chi connectivity index (χ0v) is 9.01. The highest BCUT2D eigenvalue weighted by Crippen LogP contribution is 2.31. The Morgan fingerprint density at radius 3 is 2.38 bits per heavy atom. The smallest absolute Gasteiger partial charge is 0.235 e. The molecule has 1 aromatic heterocycles. The Labute approximate surface area is 83.1 Å². The van der Waals surface area contributed by atoms with E-state index in [1.165, 1.54) is 6.33 Å². The number of hydrogen-bond acceptors (Lipinski definition) is 3. The van der Waals surface area contributed by atoms with Crippen LogP contribution in [0, 0.1) is 0 Å². The topological polar surface area (TPSA) is 35.0 Å². The van der Waals surface area contributed by atoms with Gasteiger partial charge in [-0.3, -0.25) is 0 Å². The Hall–Kier alpha value is -0.830. The molecule has 0 aromatic carbocycles. The lowest BCUT2D eigenvalue weighted by Gasteiger charge is -2.19. The average molecular weight is 201 g/mol. The van der Waals surface area contributed by atoms with Gasteiger partial charge in [-0.05, 0) is 0 Å². The van der Waals surface area contributed by atoms with Crippen LogP contribution in [-0.4, -0.2) is 17.1 Å². The van der Waals surface area contributed by atoms with Crippen molar-refractivity contribution in [1.29, 1.82) is 0 Å². The molecule has 0 N–H and O–H groups in total. The zero-order chi connectivity index (χ0) is 10.1. The van der Waals surface area contributed by atoms with Crippen molar-refractivity contribution in [3.8, 4) is 5.88 Å². The Morgan fingerprint density at radius 2 is 1.92 bits per heavy atom. The van der Waals surface area contributed by atoms with Gasteiger partial charge in [0.15, 0.2) is 0 Å². The molecule has 1 heterocycles. The fourth-order valence-corrected chi connectivity index (χ4v) is 1.48. The van der Waals surface area contributed by atoms with Gasteiger partial charge in [0.1, 0.15) is 11.3 Å². The first-order chi connectivity index (χ1) is 5.96. The third kappa shape index (κ3) is 2.10. The average Bonchev–Trinajstić information content (AvgIpc) is 2.02. The van der Waals surface area contributed by atoms with Gasteiger partial charge in [-0.25, -0.2) is 9.97 Å². The number of rotatable bonds is 1. The van der Waals surface area contributed by atoms with Crippen molar-refractivity contribution in [2.75, 3.05) is 7.11 Å². The third-order valence-electron chi connectivity index (χ3n) is 1.66. The third-order valence-corrected chi connectivity index (χ3v) is 2.00. The summed E-state index contributed by atoms with van der Waals surface area (Å²) in [4.78, 5) is 8.04. The van der Waals surface area contributed by atoms with Crippen LogP contribution in [0.3, 0.4) is 0 Å². The zero-order valence-electron chi connectivity index (χ0n) is 8.26. The van der Waals surface area contributed by atoms with Crippen molar-refractivity contribution in [2.24, 2.45) is 0 Å². The minimum Gasteiger partial charge on any atom is -0.480 e. The van der Waals surface area contributed by atoms with E-state index >= 15 is 0 Å². The normalized spacial score (nSPS) is 11.5. The molecule has 0 saturated heterocycles. The Bertz CT molecular complexity index is 307. The summed E-state index contributed by atoms with van der Waals surface area (Å²) in [7, 11) is 1.54. The second kappa shape index (κ2) is 3.50. The van der Waals surface area contributed by atoms with Crippen molar-refractivity contribution < 1.29 is 4.74 Å². The molecule has 0 amide bonds. The minimum atomic E-state index is -0.0900. The number of halogens is 1. The van der Waals surface area contributed by atoms with E-state index in [-0.39, 0.29) is 5.41 Å². The van der Waals surface area contributed by atoms with E-state index in [0.29, 0.717) is 10.9 Å². The summed E-state index contributed by atoms with van der Waals surface area (Å²) in [5.41, 5.74) is 0.717. The van der Waals surface area contributed by atoms with Gasteiger partial charge in [-0.15, -0.1) is 0 Å². The molecule has 0 bridgehead atoms. The Morgan fingerprint density at radius 1 is 1.31 bits per heavy atom. The number of hydrogen-bond donors (Lipinski definition) is 0. The monoisotopic (exact) mass is 200 g/mol. The maximum Gasteiger partial charge on any atom is 0.235 e. The van der Waals surface area contributed by atoms with Gasteiger partial charge in [0.25, 0.3) is 0 Å². The molecule has 1 rings (SSSR count). The SMILES string of the molecule is COc1ncnc(C(C)(C)C)c1Cl. The summed E-state index contributed by atoms with van der Waals surface area (Å²) < 4.78 is 5.00. The predicted molar refractivity (Wildman–Crippen MR) is 52.3 cm³/mol. The number of aromatic nitrogens is 2. The van der Waals surface area contributed by atoms with E-state index in [1.54, 1.807) is 7.11 Å². The van der Waals surface area contributed by atoms with Gasteiger partial charge in [-0.1, -0.05) is 32.4 Å².